The number of carbonyl (C=O) groups excluding carboxylic acids is 1. The van der Waals surface area contributed by atoms with Gasteiger partial charge in [-0.1, -0.05) is 0 Å². The molecule has 0 bridgehead atoms. The number of aromatic nitrogens is 1. The summed E-state index contributed by atoms with van der Waals surface area (Å²) in [5.41, 5.74) is 2.24. The second kappa shape index (κ2) is 5.94. The molecular formula is C15H11Br2NO2S. The van der Waals surface area contributed by atoms with Crippen molar-refractivity contribution < 1.29 is 9.53 Å². The molecule has 2 heterocycles. The van der Waals surface area contributed by atoms with Crippen molar-refractivity contribution in [3.8, 4) is 5.75 Å². The third-order valence-corrected chi connectivity index (χ3v) is 5.45. The molecule has 108 valence electrons. The first-order chi connectivity index (χ1) is 10.1. The molecule has 3 nitrogen and oxygen atoms in total. The molecule has 2 aromatic heterocycles. The number of halogens is 2. The van der Waals surface area contributed by atoms with Gasteiger partial charge >= 0.3 is 0 Å². The number of benzene rings is 1. The Morgan fingerprint density at radius 2 is 2.10 bits per heavy atom. The molecule has 3 rings (SSSR count). The number of thiophene rings is 1. The molecule has 1 N–H and O–H groups in total. The smallest absolute Gasteiger partial charge is 0.197 e. The van der Waals surface area contributed by atoms with Gasteiger partial charge in [-0.2, -0.15) is 0 Å². The molecule has 6 heteroatoms. The zero-order valence-corrected chi connectivity index (χ0v) is 15.1. The lowest BCUT2D eigenvalue weighted by atomic mass is 10.1. The van der Waals surface area contributed by atoms with Gasteiger partial charge in [0.05, 0.1) is 14.2 Å². The van der Waals surface area contributed by atoms with Crippen LogP contribution in [0.4, 0.5) is 0 Å². The standard InChI is InChI=1S/C15H11Br2NO2S/c1-2-20-8-3-4-12-9(5-8)11(7-18-12)14(19)10-6-13(16)21-15(10)17/h3-7,18H,2H2,1H3. The summed E-state index contributed by atoms with van der Waals surface area (Å²) >= 11 is 8.33. The molecule has 21 heavy (non-hydrogen) atoms. The zero-order chi connectivity index (χ0) is 15.0. The van der Waals surface area contributed by atoms with Crippen LogP contribution in [0.2, 0.25) is 0 Å². The van der Waals surface area contributed by atoms with Crippen LogP contribution >= 0.6 is 43.2 Å². The molecule has 0 fully saturated rings. The zero-order valence-electron chi connectivity index (χ0n) is 11.1. The Balaban J connectivity index is 2.09. The van der Waals surface area contributed by atoms with Gasteiger partial charge in [-0.3, -0.25) is 4.79 Å². The van der Waals surface area contributed by atoms with Crippen LogP contribution in [0.15, 0.2) is 38.0 Å². The van der Waals surface area contributed by atoms with Crippen LogP contribution in [0.3, 0.4) is 0 Å². The summed E-state index contributed by atoms with van der Waals surface area (Å²) in [6.45, 7) is 2.54. The maximum atomic E-state index is 12.7. The van der Waals surface area contributed by atoms with Crippen LogP contribution in [0.25, 0.3) is 10.9 Å². The highest BCUT2D eigenvalue weighted by molar-refractivity contribution is 9.12. The lowest BCUT2D eigenvalue weighted by Crippen LogP contribution is -1.99. The van der Waals surface area contributed by atoms with E-state index in [4.69, 9.17) is 4.74 Å². The molecule has 0 aliphatic heterocycles. The summed E-state index contributed by atoms with van der Waals surface area (Å²) in [5.74, 6) is 0.757. The third-order valence-electron chi connectivity index (χ3n) is 3.11. The Morgan fingerprint density at radius 3 is 2.76 bits per heavy atom. The van der Waals surface area contributed by atoms with Crippen molar-refractivity contribution in [3.05, 3.63) is 49.2 Å². The molecule has 0 aliphatic rings. The quantitative estimate of drug-likeness (QED) is 0.566. The second-order valence-corrected chi connectivity index (χ2v) is 8.16. The molecule has 0 spiro atoms. The number of hydrogen-bond acceptors (Lipinski definition) is 3. The maximum Gasteiger partial charge on any atom is 0.197 e. The Kier molecular flexibility index (Phi) is 4.19. The minimum Gasteiger partial charge on any atom is -0.494 e. The van der Waals surface area contributed by atoms with Gasteiger partial charge in [-0.25, -0.2) is 0 Å². The number of nitrogens with one attached hydrogen (secondary N) is 1. The summed E-state index contributed by atoms with van der Waals surface area (Å²) in [5, 5.41) is 0.875. The third kappa shape index (κ3) is 2.80. The van der Waals surface area contributed by atoms with E-state index >= 15 is 0 Å². The van der Waals surface area contributed by atoms with E-state index in [2.05, 4.69) is 36.8 Å². The number of fused-ring (bicyclic) bond motifs is 1. The highest BCUT2D eigenvalue weighted by atomic mass is 79.9. The average Bonchev–Trinajstić information content (AvgIpc) is 3.01. The summed E-state index contributed by atoms with van der Waals surface area (Å²) in [7, 11) is 0. The van der Waals surface area contributed by atoms with Crippen molar-refractivity contribution in [2.75, 3.05) is 6.61 Å². The molecule has 0 radical (unpaired) electrons. The molecular weight excluding hydrogens is 418 g/mol. The molecule has 0 aliphatic carbocycles. The Labute approximate surface area is 142 Å². The van der Waals surface area contributed by atoms with Crippen molar-refractivity contribution in [1.29, 1.82) is 0 Å². The Morgan fingerprint density at radius 1 is 1.29 bits per heavy atom. The Bertz CT molecular complexity index is 822. The number of ketones is 1. The van der Waals surface area contributed by atoms with Crippen molar-refractivity contribution >= 4 is 59.9 Å². The average molecular weight is 429 g/mol. The van der Waals surface area contributed by atoms with E-state index in [1.165, 1.54) is 11.3 Å². The lowest BCUT2D eigenvalue weighted by Gasteiger charge is -2.03. The van der Waals surface area contributed by atoms with E-state index in [0.29, 0.717) is 17.7 Å². The van der Waals surface area contributed by atoms with Crippen molar-refractivity contribution in [2.45, 2.75) is 6.92 Å². The molecule has 0 amide bonds. The van der Waals surface area contributed by atoms with Crippen LogP contribution in [-0.2, 0) is 0 Å². The predicted molar refractivity (Wildman–Crippen MR) is 92.6 cm³/mol. The van der Waals surface area contributed by atoms with Gasteiger partial charge in [-0.15, -0.1) is 11.3 Å². The van der Waals surface area contributed by atoms with Gasteiger partial charge < -0.3 is 9.72 Å². The van der Waals surface area contributed by atoms with Crippen LogP contribution < -0.4 is 4.74 Å². The first-order valence-electron chi connectivity index (χ1n) is 6.33. The monoisotopic (exact) mass is 427 g/mol. The minimum absolute atomic E-state index is 0.0104. The first-order valence-corrected chi connectivity index (χ1v) is 8.74. The fraction of sp³-hybridized carbons (Fsp3) is 0.133. The largest absolute Gasteiger partial charge is 0.494 e. The van der Waals surface area contributed by atoms with Crippen molar-refractivity contribution in [3.63, 3.8) is 0 Å². The highest BCUT2D eigenvalue weighted by Gasteiger charge is 2.19. The number of aromatic amines is 1. The van der Waals surface area contributed by atoms with Gasteiger partial charge in [0.1, 0.15) is 5.75 Å². The van der Waals surface area contributed by atoms with Gasteiger partial charge in [0.2, 0.25) is 0 Å². The first kappa shape index (κ1) is 14.8. The van der Waals surface area contributed by atoms with E-state index in [-0.39, 0.29) is 5.78 Å². The Hall–Kier alpha value is -1.11. The van der Waals surface area contributed by atoms with E-state index in [9.17, 15) is 4.79 Å². The van der Waals surface area contributed by atoms with Crippen molar-refractivity contribution in [2.24, 2.45) is 0 Å². The van der Waals surface area contributed by atoms with Crippen LogP contribution in [-0.4, -0.2) is 17.4 Å². The van der Waals surface area contributed by atoms with Gasteiger partial charge in [-0.05, 0) is 63.0 Å². The maximum absolute atomic E-state index is 12.7. The van der Waals surface area contributed by atoms with E-state index in [1.807, 2.05) is 31.2 Å². The number of carbonyl (C=O) groups is 1. The fourth-order valence-electron chi connectivity index (χ4n) is 2.18. The number of ether oxygens (including phenoxy) is 1. The van der Waals surface area contributed by atoms with E-state index in [1.54, 1.807) is 6.20 Å². The van der Waals surface area contributed by atoms with Crippen molar-refractivity contribution in [1.82, 2.24) is 4.98 Å². The van der Waals surface area contributed by atoms with Gasteiger partial charge in [0, 0.05) is 28.2 Å². The molecule has 1 aromatic carbocycles. The van der Waals surface area contributed by atoms with Gasteiger partial charge in [0.15, 0.2) is 5.78 Å². The normalized spacial score (nSPS) is 11.0. The second-order valence-electron chi connectivity index (χ2n) is 4.41. The number of hydrogen-bond donors (Lipinski definition) is 1. The molecule has 0 unspecified atom stereocenters. The fourth-order valence-corrected chi connectivity index (χ4v) is 4.98. The summed E-state index contributed by atoms with van der Waals surface area (Å²) in [6.07, 6.45) is 1.75. The molecule has 0 saturated heterocycles. The van der Waals surface area contributed by atoms with E-state index < -0.39 is 0 Å². The highest BCUT2D eigenvalue weighted by Crippen LogP contribution is 2.34. The van der Waals surface area contributed by atoms with Crippen LogP contribution in [0.5, 0.6) is 5.75 Å². The van der Waals surface area contributed by atoms with Crippen LogP contribution in [0, 0.1) is 0 Å². The molecule has 0 atom stereocenters. The summed E-state index contributed by atoms with van der Waals surface area (Å²) < 4.78 is 7.26. The number of H-pyrrole nitrogens is 1. The molecule has 3 aromatic rings. The SMILES string of the molecule is CCOc1ccc2[nH]cc(C(=O)c3cc(Br)sc3Br)c2c1. The lowest BCUT2D eigenvalue weighted by molar-refractivity contribution is 0.104. The van der Waals surface area contributed by atoms with Crippen LogP contribution in [0.1, 0.15) is 22.8 Å². The van der Waals surface area contributed by atoms with E-state index in [0.717, 1.165) is 24.2 Å². The summed E-state index contributed by atoms with van der Waals surface area (Å²) in [4.78, 5) is 15.9. The topological polar surface area (TPSA) is 42.1 Å². The summed E-state index contributed by atoms with van der Waals surface area (Å²) in [6, 6.07) is 7.56. The predicted octanol–water partition coefficient (Wildman–Crippen LogP) is 5.38. The minimum atomic E-state index is -0.0104. The number of rotatable bonds is 4. The molecule has 0 saturated carbocycles. The van der Waals surface area contributed by atoms with Gasteiger partial charge in [0.25, 0.3) is 0 Å².